The maximum absolute atomic E-state index is 5.49. The van der Waals surface area contributed by atoms with Gasteiger partial charge in [0.25, 0.3) is 0 Å². The molecule has 2 aromatic heterocycles. The third-order valence-corrected chi connectivity index (χ3v) is 5.96. The minimum absolute atomic E-state index is 0.730. The number of thiophene rings is 1. The first-order valence-corrected chi connectivity index (χ1v) is 9.60. The molecule has 0 atom stereocenters. The second-order valence-corrected chi connectivity index (χ2v) is 7.62. The van der Waals surface area contributed by atoms with Gasteiger partial charge in [0.15, 0.2) is 10.9 Å². The fourth-order valence-electron chi connectivity index (χ4n) is 3.28. The Morgan fingerprint density at radius 1 is 1.04 bits per heavy atom. The monoisotopic (exact) mass is 372 g/mol. The lowest BCUT2D eigenvalue weighted by Gasteiger charge is -2.32. The fraction of sp³-hybridized carbons (Fsp3) is 0.421. The van der Waals surface area contributed by atoms with E-state index in [-0.39, 0.29) is 0 Å². The molecule has 0 N–H and O–H groups in total. The lowest BCUT2D eigenvalue weighted by atomic mass is 10.2. The third-order valence-electron chi connectivity index (χ3n) is 4.88. The average Bonchev–Trinajstić information content (AvgIpc) is 3.23. The molecule has 3 aromatic rings. The Kier molecular flexibility index (Phi) is 4.74. The summed E-state index contributed by atoms with van der Waals surface area (Å²) in [6, 6.07) is 10.3. The van der Waals surface area contributed by atoms with Gasteiger partial charge in [-0.05, 0) is 24.7 Å². The highest BCUT2D eigenvalue weighted by Crippen LogP contribution is 2.38. The number of aromatic nitrogens is 2. The van der Waals surface area contributed by atoms with Gasteiger partial charge in [-0.1, -0.05) is 23.5 Å². The number of methoxy groups -OCH3 is 2. The van der Waals surface area contributed by atoms with Gasteiger partial charge < -0.3 is 19.3 Å². The zero-order valence-electron chi connectivity index (χ0n) is 15.4. The molecule has 0 radical (unpaired) electrons. The van der Waals surface area contributed by atoms with E-state index >= 15 is 0 Å². The molecule has 1 fully saturated rings. The highest BCUT2D eigenvalue weighted by atomic mass is 32.1. The Morgan fingerprint density at radius 3 is 2.42 bits per heavy atom. The predicted molar refractivity (Wildman–Crippen MR) is 106 cm³/mol. The molecule has 6 nitrogen and oxygen atoms in total. The lowest BCUT2D eigenvalue weighted by Crippen LogP contribution is -2.44. The number of ether oxygens (including phenoxy) is 2. The smallest absolute Gasteiger partial charge is 0.176 e. The van der Waals surface area contributed by atoms with Crippen LogP contribution < -0.4 is 14.4 Å². The highest BCUT2D eigenvalue weighted by Gasteiger charge is 2.23. The first-order chi connectivity index (χ1) is 12.7. The molecule has 3 heterocycles. The molecule has 0 aliphatic carbocycles. The molecule has 0 unspecified atom stereocenters. The van der Waals surface area contributed by atoms with Gasteiger partial charge in [-0.15, -0.1) is 0 Å². The van der Waals surface area contributed by atoms with Crippen LogP contribution >= 0.6 is 11.3 Å². The van der Waals surface area contributed by atoms with Gasteiger partial charge in [0.1, 0.15) is 10.4 Å². The van der Waals surface area contributed by atoms with E-state index in [4.69, 9.17) is 14.6 Å². The second-order valence-electron chi connectivity index (χ2n) is 6.60. The Morgan fingerprint density at radius 2 is 1.77 bits per heavy atom. The zero-order valence-corrected chi connectivity index (χ0v) is 16.3. The van der Waals surface area contributed by atoms with Gasteiger partial charge in [-0.3, -0.25) is 4.68 Å². The van der Waals surface area contributed by atoms with E-state index in [9.17, 15) is 0 Å². The summed E-state index contributed by atoms with van der Waals surface area (Å²) >= 11 is 1.67. The summed E-state index contributed by atoms with van der Waals surface area (Å²) in [6.07, 6.45) is 0. The van der Waals surface area contributed by atoms with Crippen molar-refractivity contribution in [1.82, 2.24) is 14.7 Å². The summed E-state index contributed by atoms with van der Waals surface area (Å²) < 4.78 is 14.0. The van der Waals surface area contributed by atoms with E-state index in [0.717, 1.165) is 54.9 Å². The largest absolute Gasteiger partial charge is 0.497 e. The molecule has 1 aliphatic rings. The molecular formula is C19H24N4O2S. The van der Waals surface area contributed by atoms with E-state index < -0.39 is 0 Å². The number of anilines is 1. The molecule has 7 heteroatoms. The van der Waals surface area contributed by atoms with Crippen LogP contribution in [0.2, 0.25) is 0 Å². The molecule has 138 valence electrons. The van der Waals surface area contributed by atoms with Gasteiger partial charge >= 0.3 is 0 Å². The molecule has 4 rings (SSSR count). The minimum atomic E-state index is 0.730. The quantitative estimate of drug-likeness (QED) is 0.689. The van der Waals surface area contributed by atoms with Crippen LogP contribution in [-0.2, 0) is 6.54 Å². The van der Waals surface area contributed by atoms with Gasteiger partial charge in [0.05, 0.1) is 26.3 Å². The molecule has 0 bridgehead atoms. The molecule has 0 amide bonds. The number of piperazine rings is 1. The number of fused-ring (bicyclic) bond motifs is 1. The van der Waals surface area contributed by atoms with Crippen LogP contribution in [0.1, 0.15) is 5.56 Å². The van der Waals surface area contributed by atoms with Crippen molar-refractivity contribution in [3.8, 4) is 10.8 Å². The number of hydrogen-bond donors (Lipinski definition) is 0. The van der Waals surface area contributed by atoms with Crippen molar-refractivity contribution in [2.24, 2.45) is 0 Å². The Labute approximate surface area is 157 Å². The van der Waals surface area contributed by atoms with Crippen LogP contribution in [0.3, 0.4) is 0 Å². The van der Waals surface area contributed by atoms with Crippen molar-refractivity contribution in [3.05, 3.63) is 35.9 Å². The van der Waals surface area contributed by atoms with Crippen molar-refractivity contribution in [2.45, 2.75) is 6.54 Å². The number of rotatable bonds is 5. The molecular weight excluding hydrogens is 348 g/mol. The second kappa shape index (κ2) is 7.17. The molecule has 1 aromatic carbocycles. The Hall–Kier alpha value is -2.25. The van der Waals surface area contributed by atoms with Crippen LogP contribution in [-0.4, -0.2) is 62.1 Å². The molecule has 0 saturated carbocycles. The first-order valence-electron chi connectivity index (χ1n) is 8.78. The van der Waals surface area contributed by atoms with Crippen LogP contribution in [0, 0.1) is 0 Å². The van der Waals surface area contributed by atoms with E-state index in [1.54, 1.807) is 25.6 Å². The number of nitrogens with zero attached hydrogens (tertiary/aromatic N) is 4. The minimum Gasteiger partial charge on any atom is -0.497 e. The van der Waals surface area contributed by atoms with Gasteiger partial charge in [0, 0.05) is 32.2 Å². The molecule has 0 spiro atoms. The van der Waals surface area contributed by atoms with Crippen molar-refractivity contribution >= 4 is 27.4 Å². The molecule has 1 aliphatic heterocycles. The Bertz CT molecular complexity index is 879. The summed E-state index contributed by atoms with van der Waals surface area (Å²) in [5.41, 5.74) is 2.34. The maximum Gasteiger partial charge on any atom is 0.176 e. The summed E-state index contributed by atoms with van der Waals surface area (Å²) in [4.78, 5) is 4.75. The van der Waals surface area contributed by atoms with E-state index in [2.05, 4.69) is 39.7 Å². The van der Waals surface area contributed by atoms with Crippen LogP contribution in [0.15, 0.2) is 30.3 Å². The summed E-state index contributed by atoms with van der Waals surface area (Å²) in [5, 5.41) is 5.89. The van der Waals surface area contributed by atoms with Gasteiger partial charge in [-0.2, -0.15) is 5.10 Å². The predicted octanol–water partition coefficient (Wildman–Crippen LogP) is 2.92. The maximum atomic E-state index is 5.49. The summed E-state index contributed by atoms with van der Waals surface area (Å²) in [5.74, 6) is 1.95. The molecule has 26 heavy (non-hydrogen) atoms. The lowest BCUT2D eigenvalue weighted by molar-refractivity contribution is 0.312. The van der Waals surface area contributed by atoms with Gasteiger partial charge in [-0.25, -0.2) is 0 Å². The Balaban J connectivity index is 1.68. The van der Waals surface area contributed by atoms with Crippen molar-refractivity contribution < 1.29 is 9.47 Å². The molecule has 1 saturated heterocycles. The number of benzene rings is 1. The average molecular weight is 372 g/mol. The van der Waals surface area contributed by atoms with Crippen LogP contribution in [0.4, 0.5) is 5.82 Å². The van der Waals surface area contributed by atoms with E-state index in [0.29, 0.717) is 0 Å². The number of hydrogen-bond acceptors (Lipinski definition) is 6. The fourth-order valence-corrected chi connectivity index (χ4v) is 4.26. The SMILES string of the molecule is COc1ccc(Cn2nc(N3CCN(C)CC3)c3sc(OC)cc32)cc1. The normalized spacial score (nSPS) is 15.6. The standard InChI is InChI=1S/C19H24N4O2S/c1-21-8-10-22(11-9-21)19-18-16(12-17(25-3)26-18)23(20-19)13-14-4-6-15(24-2)7-5-14/h4-7,12H,8-11,13H2,1-3H3. The van der Waals surface area contributed by atoms with Gasteiger partial charge in [0.2, 0.25) is 0 Å². The topological polar surface area (TPSA) is 42.8 Å². The van der Waals surface area contributed by atoms with E-state index in [1.165, 1.54) is 10.3 Å². The van der Waals surface area contributed by atoms with Crippen molar-refractivity contribution in [2.75, 3.05) is 52.3 Å². The third kappa shape index (κ3) is 3.24. The van der Waals surface area contributed by atoms with E-state index in [1.807, 2.05) is 12.1 Å². The first kappa shape index (κ1) is 17.2. The van der Waals surface area contributed by atoms with Crippen molar-refractivity contribution in [3.63, 3.8) is 0 Å². The highest BCUT2D eigenvalue weighted by molar-refractivity contribution is 7.21. The zero-order chi connectivity index (χ0) is 18.1. The number of likely N-dealkylation sites (N-methyl/N-ethyl adjacent to an activating group) is 1. The summed E-state index contributed by atoms with van der Waals surface area (Å²) in [7, 11) is 5.58. The van der Waals surface area contributed by atoms with Crippen LogP contribution in [0.25, 0.3) is 10.2 Å². The van der Waals surface area contributed by atoms with Crippen molar-refractivity contribution in [1.29, 1.82) is 0 Å². The summed E-state index contributed by atoms with van der Waals surface area (Å²) in [6.45, 7) is 4.87. The van der Waals surface area contributed by atoms with Crippen LogP contribution in [0.5, 0.6) is 10.8 Å².